The molecule has 0 saturated carbocycles. The van der Waals surface area contributed by atoms with Crippen molar-refractivity contribution in [1.29, 1.82) is 0 Å². The number of benzene rings is 2. The quantitative estimate of drug-likeness (QED) is 0.498. The van der Waals surface area contributed by atoms with Gasteiger partial charge in [-0.3, -0.25) is 9.59 Å². The van der Waals surface area contributed by atoms with Gasteiger partial charge in [-0.1, -0.05) is 13.0 Å². The van der Waals surface area contributed by atoms with E-state index in [1.807, 2.05) is 0 Å². The summed E-state index contributed by atoms with van der Waals surface area (Å²) in [5.74, 6) is 1.55. The van der Waals surface area contributed by atoms with Gasteiger partial charge in [-0.15, -0.1) is 0 Å². The fourth-order valence-corrected chi connectivity index (χ4v) is 2.88. The van der Waals surface area contributed by atoms with Crippen molar-refractivity contribution >= 4 is 16.9 Å². The predicted octanol–water partition coefficient (Wildman–Crippen LogP) is 4.10. The molecule has 0 aliphatic heterocycles. The molecule has 3 rings (SSSR count). The lowest BCUT2D eigenvalue weighted by Gasteiger charge is -2.11. The molecule has 0 unspecified atom stereocenters. The molecule has 27 heavy (non-hydrogen) atoms. The van der Waals surface area contributed by atoms with Crippen LogP contribution in [0.1, 0.15) is 19.1 Å². The summed E-state index contributed by atoms with van der Waals surface area (Å²) in [6, 6.07) is 10.00. The van der Waals surface area contributed by atoms with E-state index in [-0.39, 0.29) is 17.8 Å². The summed E-state index contributed by atoms with van der Waals surface area (Å²) in [4.78, 5) is 24.5. The average molecular weight is 368 g/mol. The molecule has 0 fully saturated rings. The number of carbonyl (C=O) groups excluding carboxylic acids is 1. The van der Waals surface area contributed by atoms with E-state index in [4.69, 9.17) is 18.6 Å². The van der Waals surface area contributed by atoms with Crippen molar-refractivity contribution < 1.29 is 23.4 Å². The molecule has 0 aliphatic carbocycles. The Balaban J connectivity index is 2.14. The van der Waals surface area contributed by atoms with Crippen molar-refractivity contribution in [2.45, 2.75) is 20.3 Å². The number of aryl methyl sites for hydroxylation is 1. The van der Waals surface area contributed by atoms with Crippen LogP contribution < -0.4 is 19.6 Å². The van der Waals surface area contributed by atoms with E-state index in [1.165, 1.54) is 7.11 Å². The monoisotopic (exact) mass is 368 g/mol. The first-order chi connectivity index (χ1) is 13.0. The molecule has 2 aromatic carbocycles. The van der Waals surface area contributed by atoms with E-state index >= 15 is 0 Å². The maximum Gasteiger partial charge on any atom is 0.310 e. The van der Waals surface area contributed by atoms with Crippen LogP contribution in [0.15, 0.2) is 45.6 Å². The summed E-state index contributed by atoms with van der Waals surface area (Å²) in [6.45, 7) is 3.43. The molecule has 0 atom stereocenters. The van der Waals surface area contributed by atoms with Crippen LogP contribution in [0.25, 0.3) is 22.1 Å². The second-order valence-corrected chi connectivity index (χ2v) is 5.92. The summed E-state index contributed by atoms with van der Waals surface area (Å²) in [6.07, 6.45) is 0.263. The summed E-state index contributed by atoms with van der Waals surface area (Å²) in [5.41, 5.74) is 1.31. The topological polar surface area (TPSA) is 75.0 Å². The zero-order valence-corrected chi connectivity index (χ0v) is 15.6. The molecule has 140 valence electrons. The minimum Gasteiger partial charge on any atom is -0.493 e. The molecule has 0 saturated heterocycles. The third kappa shape index (κ3) is 3.51. The lowest BCUT2D eigenvalue weighted by Crippen LogP contribution is -2.09. The van der Waals surface area contributed by atoms with Gasteiger partial charge < -0.3 is 18.6 Å². The van der Waals surface area contributed by atoms with E-state index < -0.39 is 0 Å². The van der Waals surface area contributed by atoms with E-state index in [1.54, 1.807) is 57.4 Å². The van der Waals surface area contributed by atoms with E-state index in [2.05, 4.69) is 0 Å². The summed E-state index contributed by atoms with van der Waals surface area (Å²) in [7, 11) is 3.09. The second kappa shape index (κ2) is 7.53. The lowest BCUT2D eigenvalue weighted by molar-refractivity contribution is -0.134. The molecule has 0 radical (unpaired) electrons. The standard InChI is InChI=1S/C21H20O6/c1-5-19(22)27-14-7-8-15-17(11-14)26-12(2)20(21(15)23)13-6-9-16(24-3)18(10-13)25-4/h6-11H,5H2,1-4H3. The van der Waals surface area contributed by atoms with Crippen LogP contribution in [-0.4, -0.2) is 20.2 Å². The molecule has 0 aliphatic rings. The third-order valence-electron chi connectivity index (χ3n) is 4.23. The molecule has 0 spiro atoms. The summed E-state index contributed by atoms with van der Waals surface area (Å²) in [5, 5.41) is 0.404. The van der Waals surface area contributed by atoms with Gasteiger partial charge in [-0.2, -0.15) is 0 Å². The Bertz CT molecular complexity index is 1060. The molecule has 1 aromatic heterocycles. The predicted molar refractivity (Wildman–Crippen MR) is 102 cm³/mol. The maximum atomic E-state index is 13.1. The van der Waals surface area contributed by atoms with Crippen LogP contribution in [0.5, 0.6) is 17.2 Å². The molecule has 0 bridgehead atoms. The highest BCUT2D eigenvalue weighted by Crippen LogP contribution is 2.33. The molecule has 1 heterocycles. The molecule has 0 amide bonds. The number of methoxy groups -OCH3 is 2. The third-order valence-corrected chi connectivity index (χ3v) is 4.23. The lowest BCUT2D eigenvalue weighted by atomic mass is 10.0. The number of rotatable bonds is 5. The summed E-state index contributed by atoms with van der Waals surface area (Å²) < 4.78 is 21.6. The molecule has 3 aromatic rings. The van der Waals surface area contributed by atoms with Gasteiger partial charge in [-0.05, 0) is 36.8 Å². The molecule has 6 heteroatoms. The van der Waals surface area contributed by atoms with E-state index in [0.29, 0.717) is 45.1 Å². The fourth-order valence-electron chi connectivity index (χ4n) is 2.88. The van der Waals surface area contributed by atoms with Gasteiger partial charge in [0.25, 0.3) is 0 Å². The number of hydrogen-bond donors (Lipinski definition) is 0. The van der Waals surface area contributed by atoms with Gasteiger partial charge in [0, 0.05) is 12.5 Å². The highest BCUT2D eigenvalue weighted by atomic mass is 16.5. The Morgan fingerprint density at radius 3 is 2.44 bits per heavy atom. The first kappa shape index (κ1) is 18.5. The average Bonchev–Trinajstić information content (AvgIpc) is 2.67. The highest BCUT2D eigenvalue weighted by Gasteiger charge is 2.16. The van der Waals surface area contributed by atoms with Gasteiger partial charge in [0.2, 0.25) is 5.43 Å². The van der Waals surface area contributed by atoms with Crippen LogP contribution in [0, 0.1) is 6.92 Å². The Morgan fingerprint density at radius 1 is 1.04 bits per heavy atom. The van der Waals surface area contributed by atoms with Crippen LogP contribution in [0.2, 0.25) is 0 Å². The van der Waals surface area contributed by atoms with Crippen molar-refractivity contribution in [3.63, 3.8) is 0 Å². The van der Waals surface area contributed by atoms with Crippen molar-refractivity contribution in [3.8, 4) is 28.4 Å². The van der Waals surface area contributed by atoms with Crippen molar-refractivity contribution in [2.24, 2.45) is 0 Å². The molecular weight excluding hydrogens is 348 g/mol. The Kier molecular flexibility index (Phi) is 5.16. The number of hydrogen-bond acceptors (Lipinski definition) is 6. The number of fused-ring (bicyclic) bond motifs is 1. The first-order valence-corrected chi connectivity index (χ1v) is 8.49. The Labute approximate surface area is 156 Å². The summed E-state index contributed by atoms with van der Waals surface area (Å²) >= 11 is 0. The van der Waals surface area contributed by atoms with Crippen molar-refractivity contribution in [2.75, 3.05) is 14.2 Å². The van der Waals surface area contributed by atoms with Crippen LogP contribution in [-0.2, 0) is 4.79 Å². The largest absolute Gasteiger partial charge is 0.493 e. The number of ether oxygens (including phenoxy) is 3. The molecule has 6 nitrogen and oxygen atoms in total. The van der Waals surface area contributed by atoms with Gasteiger partial charge in [0.15, 0.2) is 11.5 Å². The van der Waals surface area contributed by atoms with Gasteiger partial charge >= 0.3 is 5.97 Å². The molecular formula is C21H20O6. The van der Waals surface area contributed by atoms with Gasteiger partial charge in [0.05, 0.1) is 25.2 Å². The Morgan fingerprint density at radius 2 is 1.78 bits per heavy atom. The van der Waals surface area contributed by atoms with Gasteiger partial charge in [0.1, 0.15) is 17.1 Å². The SMILES string of the molecule is CCC(=O)Oc1ccc2c(=O)c(-c3ccc(OC)c(OC)c3)c(C)oc2c1. The van der Waals surface area contributed by atoms with Crippen LogP contribution in [0.3, 0.4) is 0 Å². The number of carbonyl (C=O) groups is 1. The van der Waals surface area contributed by atoms with Crippen LogP contribution in [0.4, 0.5) is 0 Å². The molecule has 0 N–H and O–H groups in total. The first-order valence-electron chi connectivity index (χ1n) is 8.49. The maximum absolute atomic E-state index is 13.1. The van der Waals surface area contributed by atoms with Crippen molar-refractivity contribution in [1.82, 2.24) is 0 Å². The van der Waals surface area contributed by atoms with E-state index in [0.717, 1.165) is 0 Å². The zero-order valence-electron chi connectivity index (χ0n) is 15.6. The van der Waals surface area contributed by atoms with Gasteiger partial charge in [-0.25, -0.2) is 0 Å². The van der Waals surface area contributed by atoms with Crippen LogP contribution >= 0.6 is 0 Å². The zero-order chi connectivity index (χ0) is 19.6. The Hall–Kier alpha value is -3.28. The normalized spacial score (nSPS) is 10.7. The number of esters is 1. The minimum atomic E-state index is -0.352. The van der Waals surface area contributed by atoms with E-state index in [9.17, 15) is 9.59 Å². The fraction of sp³-hybridized carbons (Fsp3) is 0.238. The smallest absolute Gasteiger partial charge is 0.310 e. The highest BCUT2D eigenvalue weighted by molar-refractivity contribution is 5.85. The minimum absolute atomic E-state index is 0.172. The second-order valence-electron chi connectivity index (χ2n) is 5.92. The van der Waals surface area contributed by atoms with Crippen molar-refractivity contribution in [3.05, 3.63) is 52.4 Å².